The molecule has 30 heavy (non-hydrogen) atoms. The maximum absolute atomic E-state index is 12.8. The minimum atomic E-state index is -0.117. The Bertz CT molecular complexity index is 921. The molecule has 2 fully saturated rings. The molecule has 2 aliphatic rings. The number of carbonyl (C=O) groups is 1. The van der Waals surface area contributed by atoms with Crippen molar-refractivity contribution >= 4 is 11.6 Å². The second kappa shape index (κ2) is 9.30. The summed E-state index contributed by atoms with van der Waals surface area (Å²) in [5, 5.41) is 4.44. The lowest BCUT2D eigenvalue weighted by Crippen LogP contribution is -2.44. The predicted octanol–water partition coefficient (Wildman–Crippen LogP) is 1.49. The van der Waals surface area contributed by atoms with Crippen LogP contribution in [0.4, 0.5) is 5.69 Å². The van der Waals surface area contributed by atoms with Crippen LogP contribution in [0.5, 0.6) is 5.75 Å². The van der Waals surface area contributed by atoms with Gasteiger partial charge in [-0.05, 0) is 30.5 Å². The summed E-state index contributed by atoms with van der Waals surface area (Å²) in [6, 6.07) is 9.10. The Kier molecular flexibility index (Phi) is 6.32. The summed E-state index contributed by atoms with van der Waals surface area (Å²) in [7, 11) is 1.62. The number of anilines is 1. The normalized spacial score (nSPS) is 19.6. The van der Waals surface area contributed by atoms with Crippen molar-refractivity contribution in [2.24, 2.45) is 0 Å². The molecular weight excluding hydrogens is 384 g/mol. The first kappa shape index (κ1) is 20.4. The van der Waals surface area contributed by atoms with E-state index in [-0.39, 0.29) is 17.5 Å². The van der Waals surface area contributed by atoms with Crippen LogP contribution in [0.3, 0.4) is 0 Å². The van der Waals surface area contributed by atoms with Gasteiger partial charge in [-0.2, -0.15) is 5.10 Å². The van der Waals surface area contributed by atoms with Crippen LogP contribution >= 0.6 is 0 Å². The van der Waals surface area contributed by atoms with E-state index in [1.54, 1.807) is 19.4 Å². The third-order valence-electron chi connectivity index (χ3n) is 5.80. The summed E-state index contributed by atoms with van der Waals surface area (Å²) in [4.78, 5) is 29.5. The number of rotatable bonds is 5. The molecule has 1 aromatic heterocycles. The van der Waals surface area contributed by atoms with E-state index in [1.807, 2.05) is 29.2 Å². The number of aromatic nitrogens is 2. The van der Waals surface area contributed by atoms with E-state index >= 15 is 0 Å². The van der Waals surface area contributed by atoms with Crippen molar-refractivity contribution in [3.8, 4) is 5.75 Å². The number of likely N-dealkylation sites (tertiary alicyclic amines) is 1. The van der Waals surface area contributed by atoms with Crippen LogP contribution in [0.25, 0.3) is 0 Å². The van der Waals surface area contributed by atoms with Gasteiger partial charge in [0.2, 0.25) is 5.91 Å². The second-order valence-corrected chi connectivity index (χ2v) is 7.76. The highest BCUT2D eigenvalue weighted by atomic mass is 16.5. The molecule has 2 saturated heterocycles. The molecule has 3 heterocycles. The van der Waals surface area contributed by atoms with Crippen LogP contribution in [0.1, 0.15) is 24.4 Å². The van der Waals surface area contributed by atoms with Crippen molar-refractivity contribution in [2.75, 3.05) is 51.4 Å². The molecule has 0 aliphatic carbocycles. The number of piperidine rings is 1. The van der Waals surface area contributed by atoms with Gasteiger partial charge >= 0.3 is 0 Å². The summed E-state index contributed by atoms with van der Waals surface area (Å²) >= 11 is 0. The fourth-order valence-corrected chi connectivity index (χ4v) is 4.09. The number of carbonyl (C=O) groups excluding carboxylic acids is 1. The number of ether oxygens (including phenoxy) is 2. The Morgan fingerprint density at radius 1 is 1.20 bits per heavy atom. The largest absolute Gasteiger partial charge is 0.497 e. The molecule has 1 aromatic carbocycles. The minimum absolute atomic E-state index is 0.0721. The third-order valence-corrected chi connectivity index (χ3v) is 5.80. The Balaban J connectivity index is 1.41. The van der Waals surface area contributed by atoms with E-state index in [1.165, 1.54) is 4.68 Å². The molecule has 0 unspecified atom stereocenters. The summed E-state index contributed by atoms with van der Waals surface area (Å²) in [6.07, 6.45) is 3.80. The molecule has 0 bridgehead atoms. The van der Waals surface area contributed by atoms with Crippen LogP contribution in [0.15, 0.2) is 41.3 Å². The van der Waals surface area contributed by atoms with Gasteiger partial charge in [0.25, 0.3) is 5.56 Å². The molecule has 8 heteroatoms. The zero-order chi connectivity index (χ0) is 20.9. The lowest BCUT2D eigenvalue weighted by Gasteiger charge is -2.33. The van der Waals surface area contributed by atoms with E-state index in [2.05, 4.69) is 10.00 Å². The van der Waals surface area contributed by atoms with E-state index in [4.69, 9.17) is 9.47 Å². The van der Waals surface area contributed by atoms with Gasteiger partial charge in [-0.1, -0.05) is 12.1 Å². The first-order valence-electron chi connectivity index (χ1n) is 10.5. The molecular formula is C22H28N4O4. The third kappa shape index (κ3) is 4.64. The van der Waals surface area contributed by atoms with E-state index in [9.17, 15) is 9.59 Å². The second-order valence-electron chi connectivity index (χ2n) is 7.76. The Hall–Kier alpha value is -2.87. The number of benzene rings is 1. The smallest absolute Gasteiger partial charge is 0.269 e. The molecule has 2 aliphatic heterocycles. The Labute approximate surface area is 176 Å². The van der Waals surface area contributed by atoms with Gasteiger partial charge in [0.1, 0.15) is 5.75 Å². The van der Waals surface area contributed by atoms with Crippen molar-refractivity contribution < 1.29 is 14.3 Å². The fraction of sp³-hybridized carbons (Fsp3) is 0.500. The van der Waals surface area contributed by atoms with Crippen LogP contribution < -0.4 is 15.2 Å². The molecule has 0 spiro atoms. The summed E-state index contributed by atoms with van der Waals surface area (Å²) in [5.41, 5.74) is 1.67. The van der Waals surface area contributed by atoms with Crippen LogP contribution in [-0.2, 0) is 16.0 Å². The molecule has 160 valence electrons. The lowest BCUT2D eigenvalue weighted by atomic mass is 10.0. The molecule has 1 atom stereocenters. The Morgan fingerprint density at radius 3 is 2.67 bits per heavy atom. The van der Waals surface area contributed by atoms with Gasteiger partial charge in [0, 0.05) is 32.2 Å². The fourth-order valence-electron chi connectivity index (χ4n) is 4.09. The average molecular weight is 412 g/mol. The molecule has 0 radical (unpaired) electrons. The van der Waals surface area contributed by atoms with Crippen molar-refractivity contribution in [1.82, 2.24) is 14.7 Å². The lowest BCUT2D eigenvalue weighted by molar-refractivity contribution is -0.132. The van der Waals surface area contributed by atoms with Crippen molar-refractivity contribution in [3.63, 3.8) is 0 Å². The number of morpholine rings is 1. The van der Waals surface area contributed by atoms with Gasteiger partial charge in [-0.25, -0.2) is 4.68 Å². The van der Waals surface area contributed by atoms with Crippen LogP contribution in [0.2, 0.25) is 0 Å². The van der Waals surface area contributed by atoms with Gasteiger partial charge in [-0.3, -0.25) is 9.59 Å². The summed E-state index contributed by atoms with van der Waals surface area (Å²) < 4.78 is 12.1. The Morgan fingerprint density at radius 2 is 1.97 bits per heavy atom. The molecule has 8 nitrogen and oxygen atoms in total. The van der Waals surface area contributed by atoms with Crippen molar-refractivity contribution in [3.05, 3.63) is 52.4 Å². The molecule has 1 amide bonds. The predicted molar refractivity (Wildman–Crippen MR) is 113 cm³/mol. The first-order chi connectivity index (χ1) is 14.6. The number of hydrogen-bond donors (Lipinski definition) is 0. The monoisotopic (exact) mass is 412 g/mol. The summed E-state index contributed by atoms with van der Waals surface area (Å²) in [6.45, 7) is 4.09. The van der Waals surface area contributed by atoms with E-state index in [0.29, 0.717) is 32.7 Å². The number of nitrogens with zero attached hydrogens (tertiary/aromatic N) is 4. The van der Waals surface area contributed by atoms with Gasteiger partial charge in [-0.15, -0.1) is 0 Å². The minimum Gasteiger partial charge on any atom is -0.497 e. The highest BCUT2D eigenvalue weighted by molar-refractivity contribution is 5.79. The van der Waals surface area contributed by atoms with Gasteiger partial charge in [0.05, 0.1) is 44.7 Å². The topological polar surface area (TPSA) is 76.9 Å². The average Bonchev–Trinajstić information content (AvgIpc) is 2.80. The van der Waals surface area contributed by atoms with E-state index < -0.39 is 0 Å². The first-order valence-corrected chi connectivity index (χ1v) is 10.5. The van der Waals surface area contributed by atoms with Crippen molar-refractivity contribution in [2.45, 2.75) is 25.3 Å². The number of hydrogen-bond acceptors (Lipinski definition) is 6. The van der Waals surface area contributed by atoms with Gasteiger partial charge in [0.15, 0.2) is 0 Å². The van der Waals surface area contributed by atoms with E-state index in [0.717, 1.165) is 42.9 Å². The number of amides is 1. The quantitative estimate of drug-likeness (QED) is 0.741. The zero-order valence-electron chi connectivity index (χ0n) is 17.3. The maximum atomic E-state index is 12.8. The highest BCUT2D eigenvalue weighted by Gasteiger charge is 2.26. The number of methoxy groups -OCH3 is 1. The molecule has 0 saturated carbocycles. The molecule has 2 aromatic rings. The standard InChI is InChI=1S/C22H28N4O4/c1-29-20-6-4-17(5-7-20)13-21(27)25-8-2-3-18(16-25)26-22(28)14-19(15-23-26)24-9-11-30-12-10-24/h4-7,14-15,18H,2-3,8-13,16H2,1H3/t18-/m0/s1. The SMILES string of the molecule is COc1ccc(CC(=O)N2CCC[C@H](n3ncc(N4CCOCC4)cc3=O)C2)cc1. The molecule has 4 rings (SSSR count). The molecule has 0 N–H and O–H groups in total. The van der Waals surface area contributed by atoms with Gasteiger partial charge < -0.3 is 19.3 Å². The zero-order valence-corrected chi connectivity index (χ0v) is 17.3. The maximum Gasteiger partial charge on any atom is 0.269 e. The van der Waals surface area contributed by atoms with Crippen LogP contribution in [-0.4, -0.2) is 67.1 Å². The van der Waals surface area contributed by atoms with Crippen molar-refractivity contribution in [1.29, 1.82) is 0 Å². The highest BCUT2D eigenvalue weighted by Crippen LogP contribution is 2.21. The van der Waals surface area contributed by atoms with Crippen LogP contribution in [0, 0.1) is 0 Å². The summed E-state index contributed by atoms with van der Waals surface area (Å²) in [5.74, 6) is 0.845.